The lowest BCUT2D eigenvalue weighted by atomic mass is 9.98. The Balaban J connectivity index is 0.000000448. The van der Waals surface area contributed by atoms with Gasteiger partial charge in [-0.15, -0.1) is 0 Å². The molecule has 244 valence electrons. The minimum absolute atomic E-state index is 0. The van der Waals surface area contributed by atoms with Gasteiger partial charge in [-0.05, 0) is 60.2 Å². The molecule has 2 aromatic carbocycles. The number of amides is 1. The number of rotatable bonds is 7. The van der Waals surface area contributed by atoms with E-state index in [-0.39, 0.29) is 19.1 Å². The SMILES string of the molecule is C.C=CCOC(=O)c1ccc2c(c1C)CC[C@@H]2NC(=O)c1cc(C(=O)O)nc2cc(C(F)(F)F)nn12.NCc1ccc(F)c(Cl)c1. The summed E-state index contributed by atoms with van der Waals surface area (Å²) < 4.78 is 57.7. The highest BCUT2D eigenvalue weighted by Crippen LogP contribution is 2.35. The van der Waals surface area contributed by atoms with Gasteiger partial charge in [-0.2, -0.15) is 18.3 Å². The first kappa shape index (κ1) is 35.7. The summed E-state index contributed by atoms with van der Waals surface area (Å²) in [6.07, 6.45) is -2.34. The Morgan fingerprint density at radius 3 is 2.54 bits per heavy atom. The Labute approximate surface area is 265 Å². The predicted molar refractivity (Wildman–Crippen MR) is 161 cm³/mol. The molecule has 1 aliphatic rings. The maximum absolute atomic E-state index is 13.1. The van der Waals surface area contributed by atoms with Gasteiger partial charge in [0.05, 0.1) is 16.6 Å². The maximum Gasteiger partial charge on any atom is 0.435 e. The highest BCUT2D eigenvalue weighted by Gasteiger charge is 2.36. The van der Waals surface area contributed by atoms with Gasteiger partial charge in [0, 0.05) is 18.7 Å². The van der Waals surface area contributed by atoms with Crippen LogP contribution in [0.4, 0.5) is 17.6 Å². The highest BCUT2D eigenvalue weighted by molar-refractivity contribution is 6.30. The minimum Gasteiger partial charge on any atom is -0.477 e. The second-order valence-electron chi connectivity index (χ2n) is 9.84. The molecule has 1 amide bonds. The molecule has 15 heteroatoms. The Morgan fingerprint density at radius 2 is 1.93 bits per heavy atom. The molecule has 0 radical (unpaired) electrons. The molecule has 46 heavy (non-hydrogen) atoms. The molecule has 0 spiro atoms. The Morgan fingerprint density at radius 1 is 1.22 bits per heavy atom. The summed E-state index contributed by atoms with van der Waals surface area (Å²) in [5.74, 6) is -3.23. The van der Waals surface area contributed by atoms with Crippen molar-refractivity contribution >= 4 is 35.1 Å². The van der Waals surface area contributed by atoms with Crippen molar-refractivity contribution in [2.24, 2.45) is 5.73 Å². The van der Waals surface area contributed by atoms with Crippen molar-refractivity contribution in [2.75, 3.05) is 6.61 Å². The molecule has 0 saturated carbocycles. The van der Waals surface area contributed by atoms with Crippen LogP contribution in [0.3, 0.4) is 0 Å². The van der Waals surface area contributed by atoms with E-state index in [1.807, 2.05) is 0 Å². The first-order valence-corrected chi connectivity index (χ1v) is 13.7. The van der Waals surface area contributed by atoms with Gasteiger partial charge in [0.1, 0.15) is 18.1 Å². The summed E-state index contributed by atoms with van der Waals surface area (Å²) in [5, 5.41) is 15.6. The smallest absolute Gasteiger partial charge is 0.435 e. The number of nitrogens with one attached hydrogen (secondary N) is 1. The zero-order chi connectivity index (χ0) is 33.1. The van der Waals surface area contributed by atoms with E-state index in [1.165, 1.54) is 18.2 Å². The number of nitrogens with zero attached hydrogens (tertiary/aromatic N) is 3. The van der Waals surface area contributed by atoms with E-state index in [4.69, 9.17) is 22.1 Å². The van der Waals surface area contributed by atoms with Crippen LogP contribution in [0.2, 0.25) is 5.02 Å². The zero-order valence-electron chi connectivity index (χ0n) is 23.6. The van der Waals surface area contributed by atoms with E-state index in [0.29, 0.717) is 41.1 Å². The summed E-state index contributed by atoms with van der Waals surface area (Å²) in [7, 11) is 0. The first-order chi connectivity index (χ1) is 21.2. The van der Waals surface area contributed by atoms with Crippen LogP contribution in [0, 0.1) is 12.7 Å². The molecule has 4 N–H and O–H groups in total. The molecule has 5 rings (SSSR count). The van der Waals surface area contributed by atoms with Gasteiger partial charge in [0.2, 0.25) is 0 Å². The number of halogens is 5. The third-order valence-corrected chi connectivity index (χ3v) is 7.23. The fourth-order valence-corrected chi connectivity index (χ4v) is 4.95. The number of esters is 1. The third kappa shape index (κ3) is 7.69. The lowest BCUT2D eigenvalue weighted by Crippen LogP contribution is -2.29. The lowest BCUT2D eigenvalue weighted by Gasteiger charge is -2.16. The summed E-state index contributed by atoms with van der Waals surface area (Å²) >= 11 is 5.46. The molecule has 0 unspecified atom stereocenters. The van der Waals surface area contributed by atoms with Gasteiger partial charge in [-0.3, -0.25) is 4.79 Å². The van der Waals surface area contributed by atoms with Gasteiger partial charge >= 0.3 is 18.1 Å². The Hall–Kier alpha value is -4.82. The van der Waals surface area contributed by atoms with Gasteiger partial charge in [0.15, 0.2) is 17.0 Å². The lowest BCUT2D eigenvalue weighted by molar-refractivity contribution is -0.141. The monoisotopic (exact) mass is 663 g/mol. The van der Waals surface area contributed by atoms with E-state index in [1.54, 1.807) is 25.1 Å². The molecule has 4 aromatic rings. The van der Waals surface area contributed by atoms with Crippen molar-refractivity contribution in [1.82, 2.24) is 19.9 Å². The number of benzene rings is 2. The molecule has 0 aliphatic heterocycles. The van der Waals surface area contributed by atoms with Crippen LogP contribution < -0.4 is 11.1 Å². The number of hydrogen-bond acceptors (Lipinski definition) is 7. The van der Waals surface area contributed by atoms with Crippen LogP contribution in [0.25, 0.3) is 5.65 Å². The van der Waals surface area contributed by atoms with Crippen molar-refractivity contribution in [3.63, 3.8) is 0 Å². The molecule has 0 saturated heterocycles. The number of nitrogens with two attached hydrogens (primary N) is 1. The fraction of sp³-hybridized carbons (Fsp3) is 0.258. The minimum atomic E-state index is -4.81. The summed E-state index contributed by atoms with van der Waals surface area (Å²) in [6.45, 7) is 5.72. The number of hydrogen-bond donors (Lipinski definition) is 3. The van der Waals surface area contributed by atoms with Crippen LogP contribution >= 0.6 is 11.6 Å². The van der Waals surface area contributed by atoms with E-state index >= 15 is 0 Å². The zero-order valence-corrected chi connectivity index (χ0v) is 24.4. The van der Waals surface area contributed by atoms with Crippen LogP contribution in [0.1, 0.15) is 79.2 Å². The van der Waals surface area contributed by atoms with Crippen molar-refractivity contribution in [1.29, 1.82) is 0 Å². The summed E-state index contributed by atoms with van der Waals surface area (Å²) in [4.78, 5) is 40.4. The average molecular weight is 664 g/mol. The van der Waals surface area contributed by atoms with Crippen molar-refractivity contribution in [3.05, 3.63) is 111 Å². The number of aromatic nitrogens is 3. The Kier molecular flexibility index (Phi) is 11.3. The quantitative estimate of drug-likeness (QED) is 0.122. The van der Waals surface area contributed by atoms with E-state index in [2.05, 4.69) is 22.0 Å². The van der Waals surface area contributed by atoms with Gasteiger partial charge in [0.25, 0.3) is 5.91 Å². The average Bonchev–Trinajstić information content (AvgIpc) is 3.62. The van der Waals surface area contributed by atoms with Gasteiger partial charge in [-0.1, -0.05) is 43.8 Å². The number of carbonyl (C=O) groups excluding carboxylic acids is 2. The number of carboxylic acids is 1. The third-order valence-electron chi connectivity index (χ3n) is 6.94. The van der Waals surface area contributed by atoms with Crippen molar-refractivity contribution in [2.45, 2.75) is 46.0 Å². The van der Waals surface area contributed by atoms with Gasteiger partial charge in [-0.25, -0.2) is 23.5 Å². The number of aromatic carboxylic acids is 1. The molecule has 0 fully saturated rings. The number of carboxylic acid groups (broad SMARTS) is 1. The van der Waals surface area contributed by atoms with Crippen molar-refractivity contribution < 1.29 is 41.8 Å². The number of fused-ring (bicyclic) bond motifs is 2. The summed E-state index contributed by atoms with van der Waals surface area (Å²) in [5.41, 5.74) is 6.09. The normalized spacial score (nSPS) is 13.6. The van der Waals surface area contributed by atoms with E-state index < -0.39 is 58.6 Å². The van der Waals surface area contributed by atoms with Crippen LogP contribution in [-0.4, -0.2) is 44.2 Å². The van der Waals surface area contributed by atoms with Crippen molar-refractivity contribution in [3.8, 4) is 0 Å². The van der Waals surface area contributed by atoms with E-state index in [0.717, 1.165) is 22.8 Å². The second-order valence-corrected chi connectivity index (χ2v) is 10.2. The fourth-order valence-electron chi connectivity index (χ4n) is 4.75. The van der Waals surface area contributed by atoms with Crippen LogP contribution in [0.5, 0.6) is 0 Å². The number of carbonyl (C=O) groups is 3. The van der Waals surface area contributed by atoms with E-state index in [9.17, 15) is 37.1 Å². The summed E-state index contributed by atoms with van der Waals surface area (Å²) in [6, 6.07) is 8.65. The molecular weight excluding hydrogens is 634 g/mol. The predicted octanol–water partition coefficient (Wildman–Crippen LogP) is 6.09. The molecule has 1 aliphatic carbocycles. The molecule has 10 nitrogen and oxygen atoms in total. The molecule has 2 aromatic heterocycles. The second kappa shape index (κ2) is 14.5. The Bertz CT molecular complexity index is 1810. The number of alkyl halides is 3. The van der Waals surface area contributed by atoms with Gasteiger partial charge < -0.3 is 20.9 Å². The first-order valence-electron chi connectivity index (χ1n) is 13.3. The number of ether oxygens (including phenoxy) is 1. The largest absolute Gasteiger partial charge is 0.477 e. The van der Waals surface area contributed by atoms with Crippen LogP contribution in [0.15, 0.2) is 55.1 Å². The standard InChI is InChI=1S/C23H19F3N4O5.C7H7ClFN.CH4/c1-3-8-35-22(34)13-4-5-14-12(11(13)2)6-7-15(14)28-20(31)17-9-16(21(32)33)27-19-10-18(23(24,25)26)29-30(17)19;8-6-3-5(4-10)1-2-7(6)9;/h3-5,9-10,15H,1,6-8H2,2H3,(H,28,31)(H,32,33);1-3H,4,10H2;1H4/t15-;;/m0../s1. The van der Waals surface area contributed by atoms with Crippen LogP contribution in [-0.2, 0) is 23.9 Å². The maximum atomic E-state index is 13.1. The molecular formula is C31H30ClF4N5O5. The molecule has 2 heterocycles. The topological polar surface area (TPSA) is 149 Å². The molecule has 0 bridgehead atoms. The molecule has 1 atom stereocenters. The highest BCUT2D eigenvalue weighted by atomic mass is 35.5.